The molecule has 7 heteroatoms. The Morgan fingerprint density at radius 2 is 1.59 bits per heavy atom. The summed E-state index contributed by atoms with van der Waals surface area (Å²) in [7, 11) is 0. The largest absolute Gasteiger partial charge is 0.394 e. The van der Waals surface area contributed by atoms with Crippen LogP contribution in [0.5, 0.6) is 0 Å². The van der Waals surface area contributed by atoms with Crippen molar-refractivity contribution in [3.8, 4) is 0 Å². The summed E-state index contributed by atoms with van der Waals surface area (Å²) in [6, 6.07) is 0. The van der Waals surface area contributed by atoms with Gasteiger partial charge < -0.3 is 35.1 Å². The number of aliphatic hydroxyl groups excluding tert-OH is 5. The van der Waals surface area contributed by atoms with Gasteiger partial charge in [0.15, 0.2) is 6.29 Å². The maximum Gasteiger partial charge on any atom is 0.151 e. The molecule has 1 saturated heterocycles. The van der Waals surface area contributed by atoms with Crippen molar-refractivity contribution in [1.82, 2.24) is 0 Å². The van der Waals surface area contributed by atoms with Crippen LogP contribution in [0.4, 0.5) is 0 Å². The van der Waals surface area contributed by atoms with Crippen molar-refractivity contribution in [3.05, 3.63) is 0 Å². The van der Waals surface area contributed by atoms with Gasteiger partial charge in [0.05, 0.1) is 6.61 Å². The van der Waals surface area contributed by atoms with E-state index in [2.05, 4.69) is 0 Å². The van der Waals surface area contributed by atoms with Gasteiger partial charge in [-0.25, -0.2) is 0 Å². The lowest BCUT2D eigenvalue weighted by atomic mass is 10.0. The van der Waals surface area contributed by atoms with Crippen molar-refractivity contribution in [1.29, 1.82) is 0 Å². The highest BCUT2D eigenvalue weighted by atomic mass is 16.5. The summed E-state index contributed by atoms with van der Waals surface area (Å²) >= 11 is 0. The van der Waals surface area contributed by atoms with E-state index >= 15 is 0 Å². The average molecular weight is 252 g/mol. The van der Waals surface area contributed by atoms with Crippen LogP contribution >= 0.6 is 0 Å². The van der Waals surface area contributed by atoms with Crippen LogP contribution in [0.3, 0.4) is 0 Å². The molecule has 1 aliphatic rings. The van der Waals surface area contributed by atoms with E-state index in [1.807, 2.05) is 0 Å². The summed E-state index contributed by atoms with van der Waals surface area (Å²) in [5.41, 5.74) is 0. The average Bonchev–Trinajstić information content (AvgIpc) is 2.93. The molecule has 0 amide bonds. The van der Waals surface area contributed by atoms with Crippen LogP contribution in [0, 0.1) is 0 Å². The lowest BCUT2D eigenvalue weighted by molar-refractivity contribution is -0.136. The topological polar surface area (TPSA) is 127 Å². The Hall–Kier alpha value is -0.570. The van der Waals surface area contributed by atoms with Gasteiger partial charge in [-0.15, -0.1) is 0 Å². The minimum absolute atomic E-state index is 0.0258. The van der Waals surface area contributed by atoms with Crippen molar-refractivity contribution in [2.75, 3.05) is 19.8 Å². The third-order valence-corrected chi connectivity index (χ3v) is 2.25. The highest BCUT2D eigenvalue weighted by molar-refractivity contribution is 5.56. The molecule has 1 fully saturated rings. The predicted octanol–water partition coefficient (Wildman–Crippen LogP) is -2.58. The zero-order chi connectivity index (χ0) is 13.3. The Morgan fingerprint density at radius 1 is 1.06 bits per heavy atom. The first-order chi connectivity index (χ1) is 8.04. The summed E-state index contributed by atoms with van der Waals surface area (Å²) in [6.45, 7) is 1.24. The summed E-state index contributed by atoms with van der Waals surface area (Å²) in [5, 5.41) is 43.5. The normalized spacial score (nSPS) is 21.9. The number of hydrogen-bond acceptors (Lipinski definition) is 7. The van der Waals surface area contributed by atoms with Crippen LogP contribution in [-0.4, -0.2) is 76.1 Å². The molecule has 0 unspecified atom stereocenters. The molecule has 7 nitrogen and oxygen atoms in total. The minimum atomic E-state index is -1.79. The fourth-order valence-corrected chi connectivity index (χ4v) is 1.13. The summed E-state index contributed by atoms with van der Waals surface area (Å²) in [4.78, 5) is 9.90. The molecule has 5 N–H and O–H groups in total. The van der Waals surface area contributed by atoms with Gasteiger partial charge in [0.25, 0.3) is 0 Å². The highest BCUT2D eigenvalue weighted by Crippen LogP contribution is 2.02. The molecule has 0 saturated carbocycles. The molecule has 0 aromatic carbocycles. The Bertz CT molecular complexity index is 187. The molecule has 1 aliphatic heterocycles. The molecule has 4 atom stereocenters. The first kappa shape index (κ1) is 16.4. The summed E-state index contributed by atoms with van der Waals surface area (Å²) in [6.07, 6.45) is -4.28. The third kappa shape index (κ3) is 6.67. The number of rotatable bonds is 5. The van der Waals surface area contributed by atoms with Crippen LogP contribution in [-0.2, 0) is 9.53 Å². The molecular weight excluding hydrogens is 232 g/mol. The highest BCUT2D eigenvalue weighted by Gasteiger charge is 2.29. The van der Waals surface area contributed by atoms with E-state index < -0.39 is 31.0 Å². The fourth-order valence-electron chi connectivity index (χ4n) is 1.13. The molecule has 0 bridgehead atoms. The number of aliphatic hydroxyl groups is 5. The fraction of sp³-hybridized carbons (Fsp3) is 0.900. The smallest absolute Gasteiger partial charge is 0.151 e. The Morgan fingerprint density at radius 3 is 1.88 bits per heavy atom. The molecule has 102 valence electrons. The van der Waals surface area contributed by atoms with E-state index in [9.17, 15) is 4.79 Å². The molecule has 1 rings (SSSR count). The van der Waals surface area contributed by atoms with E-state index in [0.29, 0.717) is 0 Å². The van der Waals surface area contributed by atoms with Crippen LogP contribution < -0.4 is 0 Å². The van der Waals surface area contributed by atoms with Gasteiger partial charge in [-0.2, -0.15) is 0 Å². The van der Waals surface area contributed by atoms with E-state index in [-0.39, 0.29) is 6.29 Å². The van der Waals surface area contributed by atoms with Crippen molar-refractivity contribution in [2.24, 2.45) is 0 Å². The lowest BCUT2D eigenvalue weighted by Gasteiger charge is -2.22. The van der Waals surface area contributed by atoms with Gasteiger partial charge in [-0.1, -0.05) is 0 Å². The zero-order valence-corrected chi connectivity index (χ0v) is 9.47. The van der Waals surface area contributed by atoms with Gasteiger partial charge in [-0.3, -0.25) is 0 Å². The maximum atomic E-state index is 9.90. The van der Waals surface area contributed by atoms with Crippen LogP contribution in [0.2, 0.25) is 0 Å². The molecule has 0 spiro atoms. The van der Waals surface area contributed by atoms with Gasteiger partial charge in [-0.05, 0) is 12.8 Å². The van der Waals surface area contributed by atoms with Crippen LogP contribution in [0.15, 0.2) is 0 Å². The van der Waals surface area contributed by atoms with E-state index in [1.165, 1.54) is 12.8 Å². The first-order valence-electron chi connectivity index (χ1n) is 5.40. The maximum absolute atomic E-state index is 9.90. The second-order valence-corrected chi connectivity index (χ2v) is 3.68. The Kier molecular flexibility index (Phi) is 9.14. The van der Waals surface area contributed by atoms with Crippen molar-refractivity contribution >= 4 is 6.29 Å². The van der Waals surface area contributed by atoms with Crippen LogP contribution in [0.25, 0.3) is 0 Å². The number of aldehydes is 1. The zero-order valence-electron chi connectivity index (χ0n) is 9.47. The molecule has 0 aromatic rings. The lowest BCUT2D eigenvalue weighted by Crippen LogP contribution is -2.46. The molecule has 17 heavy (non-hydrogen) atoms. The monoisotopic (exact) mass is 252 g/mol. The SMILES string of the molecule is C1CCOC1.O=C[C@H](O)[C@@H](O)[C@H](O)[C@H](O)CO. The molecule has 1 heterocycles. The predicted molar refractivity (Wildman–Crippen MR) is 57.2 cm³/mol. The standard InChI is InChI=1S/C6H12O6.C4H8O/c7-1-3(9)5(11)6(12)4(10)2-8;1-2-4-5-3-1/h1,3-6,8-12H,2H2;1-4H2/t3-,4+,5+,6+;/m0./s1. The van der Waals surface area contributed by atoms with Gasteiger partial charge >= 0.3 is 0 Å². The molecule has 0 aliphatic carbocycles. The van der Waals surface area contributed by atoms with Crippen LogP contribution in [0.1, 0.15) is 12.8 Å². The molecular formula is C10H20O7. The molecule has 0 aromatic heterocycles. The minimum Gasteiger partial charge on any atom is -0.394 e. The van der Waals surface area contributed by atoms with Crippen molar-refractivity contribution < 1.29 is 35.1 Å². The number of ether oxygens (including phenoxy) is 1. The second-order valence-electron chi connectivity index (χ2n) is 3.68. The van der Waals surface area contributed by atoms with Crippen molar-refractivity contribution in [3.63, 3.8) is 0 Å². The Balaban J connectivity index is 0.000000419. The summed E-state index contributed by atoms with van der Waals surface area (Å²) in [5.74, 6) is 0. The van der Waals surface area contributed by atoms with Crippen molar-refractivity contribution in [2.45, 2.75) is 37.3 Å². The second kappa shape index (κ2) is 9.46. The number of carbonyl (C=O) groups excluding carboxylic acids is 1. The van der Waals surface area contributed by atoms with Gasteiger partial charge in [0.1, 0.15) is 24.4 Å². The molecule has 0 radical (unpaired) electrons. The Labute approximate surface area is 99.3 Å². The van der Waals surface area contributed by atoms with E-state index in [1.54, 1.807) is 0 Å². The van der Waals surface area contributed by atoms with E-state index in [0.717, 1.165) is 13.2 Å². The third-order valence-electron chi connectivity index (χ3n) is 2.25. The quantitative estimate of drug-likeness (QED) is 0.340. The first-order valence-corrected chi connectivity index (χ1v) is 5.40. The van der Waals surface area contributed by atoms with E-state index in [4.69, 9.17) is 30.3 Å². The number of hydrogen-bond donors (Lipinski definition) is 5. The van der Waals surface area contributed by atoms with Gasteiger partial charge in [0, 0.05) is 13.2 Å². The van der Waals surface area contributed by atoms with Gasteiger partial charge in [0.2, 0.25) is 0 Å². The summed E-state index contributed by atoms with van der Waals surface area (Å²) < 4.78 is 4.94. The number of carbonyl (C=O) groups is 1.